The molecule has 0 saturated carbocycles. The number of Topliss-reactive ketones (excluding diaryl/α,β-unsaturated/α-hetero) is 1. The third kappa shape index (κ3) is 3.36. The zero-order valence-corrected chi connectivity index (χ0v) is 16.3. The van der Waals surface area contributed by atoms with Crippen LogP contribution in [-0.2, 0) is 4.79 Å². The first kappa shape index (κ1) is 19.6. The van der Waals surface area contributed by atoms with Crippen LogP contribution in [0, 0.1) is 11.3 Å². The molecule has 1 aliphatic carbocycles. The van der Waals surface area contributed by atoms with Crippen LogP contribution < -0.4 is 15.2 Å². The standard InChI is InChI=1S/C22H25N3O3/c1-4-11-28-18-10-9-14(12-19(18)27-5-2)20-15(13-23)22(24)25(3)16-7-6-8-17(26)21(16)20/h4,9-10,12,20H,1,5-8,11,24H2,2-3H3/t20-/m0/s1. The predicted octanol–water partition coefficient (Wildman–Crippen LogP) is 3.38. The van der Waals surface area contributed by atoms with Crippen LogP contribution in [0.3, 0.4) is 0 Å². The first-order valence-corrected chi connectivity index (χ1v) is 9.43. The predicted molar refractivity (Wildman–Crippen MR) is 107 cm³/mol. The Balaban J connectivity index is 2.14. The van der Waals surface area contributed by atoms with Gasteiger partial charge in [0.05, 0.1) is 24.2 Å². The number of carbonyl (C=O) groups is 1. The van der Waals surface area contributed by atoms with Crippen LogP contribution in [0.4, 0.5) is 0 Å². The summed E-state index contributed by atoms with van der Waals surface area (Å²) < 4.78 is 11.4. The average molecular weight is 379 g/mol. The summed E-state index contributed by atoms with van der Waals surface area (Å²) in [6.45, 7) is 6.38. The van der Waals surface area contributed by atoms with Gasteiger partial charge in [-0.05, 0) is 37.5 Å². The van der Waals surface area contributed by atoms with Gasteiger partial charge in [0, 0.05) is 24.7 Å². The van der Waals surface area contributed by atoms with E-state index in [1.54, 1.807) is 17.0 Å². The van der Waals surface area contributed by atoms with Gasteiger partial charge in [0.2, 0.25) is 0 Å². The number of ether oxygens (including phenoxy) is 2. The number of nitrogens with two attached hydrogens (primary N) is 1. The van der Waals surface area contributed by atoms with Gasteiger partial charge in [-0.15, -0.1) is 0 Å². The Morgan fingerprint density at radius 2 is 2.14 bits per heavy atom. The monoisotopic (exact) mass is 379 g/mol. The lowest BCUT2D eigenvalue weighted by molar-refractivity contribution is -0.116. The molecule has 6 heteroatoms. The molecule has 1 aromatic carbocycles. The molecule has 0 bridgehead atoms. The van der Waals surface area contributed by atoms with Crippen molar-refractivity contribution < 1.29 is 14.3 Å². The summed E-state index contributed by atoms with van der Waals surface area (Å²) in [5.41, 5.74) is 9.03. The van der Waals surface area contributed by atoms with Gasteiger partial charge >= 0.3 is 0 Å². The fourth-order valence-corrected chi connectivity index (χ4v) is 3.84. The van der Waals surface area contributed by atoms with E-state index in [-0.39, 0.29) is 5.78 Å². The van der Waals surface area contributed by atoms with Crippen molar-refractivity contribution in [2.45, 2.75) is 32.1 Å². The third-order valence-corrected chi connectivity index (χ3v) is 5.13. The molecule has 0 fully saturated rings. The van der Waals surface area contributed by atoms with E-state index in [1.807, 2.05) is 26.1 Å². The second kappa shape index (κ2) is 8.22. The van der Waals surface area contributed by atoms with Gasteiger partial charge in [0.25, 0.3) is 0 Å². The van der Waals surface area contributed by atoms with Crippen LogP contribution in [0.1, 0.15) is 37.7 Å². The Hall–Kier alpha value is -3.20. The molecule has 0 aromatic heterocycles. The summed E-state index contributed by atoms with van der Waals surface area (Å²) >= 11 is 0. The van der Waals surface area contributed by atoms with Crippen LogP contribution in [0.25, 0.3) is 0 Å². The molecular formula is C22H25N3O3. The van der Waals surface area contributed by atoms with Crippen molar-refractivity contribution in [3.8, 4) is 17.6 Å². The van der Waals surface area contributed by atoms with Crippen LogP contribution in [-0.4, -0.2) is 30.9 Å². The summed E-state index contributed by atoms with van der Waals surface area (Å²) in [6, 6.07) is 7.75. The van der Waals surface area contributed by atoms with Gasteiger partial charge in [-0.1, -0.05) is 18.7 Å². The maximum atomic E-state index is 12.8. The summed E-state index contributed by atoms with van der Waals surface area (Å²) in [5, 5.41) is 9.82. The lowest BCUT2D eigenvalue weighted by Crippen LogP contribution is -2.36. The molecule has 28 heavy (non-hydrogen) atoms. The van der Waals surface area contributed by atoms with Crippen molar-refractivity contribution in [2.75, 3.05) is 20.3 Å². The van der Waals surface area contributed by atoms with Crippen LogP contribution in [0.15, 0.2) is 53.5 Å². The molecule has 146 valence electrons. The van der Waals surface area contributed by atoms with Crippen molar-refractivity contribution in [3.63, 3.8) is 0 Å². The molecule has 0 spiro atoms. The number of nitriles is 1. The maximum Gasteiger partial charge on any atom is 0.161 e. The number of nitrogens with zero attached hydrogens (tertiary/aromatic N) is 2. The quantitative estimate of drug-likeness (QED) is 0.762. The van der Waals surface area contributed by atoms with Crippen molar-refractivity contribution in [3.05, 3.63) is 59.1 Å². The lowest BCUT2D eigenvalue weighted by atomic mass is 9.76. The SMILES string of the molecule is C=CCOc1ccc([C@H]2C(C#N)=C(N)N(C)C3=C2C(=O)CCC3)cc1OCC. The number of benzene rings is 1. The fourth-order valence-electron chi connectivity index (χ4n) is 3.84. The molecule has 0 amide bonds. The molecule has 1 aliphatic heterocycles. The van der Waals surface area contributed by atoms with Crippen molar-refractivity contribution in [1.82, 2.24) is 4.90 Å². The normalized spacial score (nSPS) is 19.2. The maximum absolute atomic E-state index is 12.8. The minimum absolute atomic E-state index is 0.0725. The highest BCUT2D eigenvalue weighted by atomic mass is 16.5. The topological polar surface area (TPSA) is 88.6 Å². The van der Waals surface area contributed by atoms with Gasteiger partial charge in [0.15, 0.2) is 17.3 Å². The molecule has 0 unspecified atom stereocenters. The highest BCUT2D eigenvalue weighted by Gasteiger charge is 2.38. The Labute approximate surface area is 165 Å². The van der Waals surface area contributed by atoms with E-state index in [1.165, 1.54) is 0 Å². The molecule has 0 radical (unpaired) electrons. The number of carbonyl (C=O) groups excluding carboxylic acids is 1. The van der Waals surface area contributed by atoms with E-state index in [0.717, 1.165) is 24.1 Å². The Morgan fingerprint density at radius 3 is 2.82 bits per heavy atom. The average Bonchev–Trinajstić information content (AvgIpc) is 2.70. The van der Waals surface area contributed by atoms with E-state index in [9.17, 15) is 10.1 Å². The van der Waals surface area contributed by atoms with Gasteiger partial charge in [0.1, 0.15) is 12.4 Å². The number of hydrogen-bond acceptors (Lipinski definition) is 6. The Bertz CT molecular complexity index is 908. The van der Waals surface area contributed by atoms with E-state index in [4.69, 9.17) is 15.2 Å². The molecule has 1 atom stereocenters. The van der Waals surface area contributed by atoms with Crippen molar-refractivity contribution in [2.24, 2.45) is 5.73 Å². The van der Waals surface area contributed by atoms with Crippen LogP contribution in [0.2, 0.25) is 0 Å². The fraction of sp³-hybridized carbons (Fsp3) is 0.364. The van der Waals surface area contributed by atoms with Gasteiger partial charge in [-0.25, -0.2) is 0 Å². The van der Waals surface area contributed by atoms with E-state index >= 15 is 0 Å². The highest BCUT2D eigenvalue weighted by Crippen LogP contribution is 2.45. The summed E-state index contributed by atoms with van der Waals surface area (Å²) in [5.74, 6) is 1.14. The number of hydrogen-bond donors (Lipinski definition) is 1. The van der Waals surface area contributed by atoms with Crippen molar-refractivity contribution >= 4 is 5.78 Å². The molecular weight excluding hydrogens is 354 g/mol. The van der Waals surface area contributed by atoms with Gasteiger partial charge in [-0.3, -0.25) is 4.79 Å². The molecule has 0 saturated heterocycles. The minimum Gasteiger partial charge on any atom is -0.490 e. The molecule has 1 heterocycles. The molecule has 2 N–H and O–H groups in total. The van der Waals surface area contributed by atoms with E-state index in [0.29, 0.717) is 48.1 Å². The molecule has 1 aromatic rings. The van der Waals surface area contributed by atoms with Crippen molar-refractivity contribution in [1.29, 1.82) is 5.26 Å². The number of ketones is 1. The first-order valence-electron chi connectivity index (χ1n) is 9.43. The number of rotatable bonds is 6. The summed E-state index contributed by atoms with van der Waals surface area (Å²) in [7, 11) is 1.81. The Morgan fingerprint density at radius 1 is 1.36 bits per heavy atom. The molecule has 6 nitrogen and oxygen atoms in total. The number of allylic oxidation sites excluding steroid dienone is 3. The highest BCUT2D eigenvalue weighted by molar-refractivity contribution is 5.99. The molecule has 3 rings (SSSR count). The van der Waals surface area contributed by atoms with Gasteiger partial charge in [-0.2, -0.15) is 5.26 Å². The largest absolute Gasteiger partial charge is 0.490 e. The second-order valence-corrected chi connectivity index (χ2v) is 6.78. The first-order chi connectivity index (χ1) is 13.5. The van der Waals surface area contributed by atoms with E-state index < -0.39 is 5.92 Å². The van der Waals surface area contributed by atoms with E-state index in [2.05, 4.69) is 12.6 Å². The summed E-state index contributed by atoms with van der Waals surface area (Å²) in [6.07, 6.45) is 3.71. The molecule has 2 aliphatic rings. The van der Waals surface area contributed by atoms with Crippen LogP contribution >= 0.6 is 0 Å². The zero-order valence-electron chi connectivity index (χ0n) is 16.3. The Kier molecular flexibility index (Phi) is 5.74. The minimum atomic E-state index is -0.489. The summed E-state index contributed by atoms with van der Waals surface area (Å²) in [4.78, 5) is 14.6. The van der Waals surface area contributed by atoms with Gasteiger partial charge < -0.3 is 20.1 Å². The smallest absolute Gasteiger partial charge is 0.161 e. The third-order valence-electron chi connectivity index (χ3n) is 5.13. The zero-order chi connectivity index (χ0) is 20.3. The van der Waals surface area contributed by atoms with Crippen LogP contribution in [0.5, 0.6) is 11.5 Å². The second-order valence-electron chi connectivity index (χ2n) is 6.78. The lowest BCUT2D eigenvalue weighted by Gasteiger charge is -2.37.